The van der Waals surface area contributed by atoms with Gasteiger partial charge in [0, 0.05) is 30.7 Å². The fourth-order valence-electron chi connectivity index (χ4n) is 2.65. The van der Waals surface area contributed by atoms with Gasteiger partial charge in [-0.15, -0.1) is 0 Å². The van der Waals surface area contributed by atoms with Crippen molar-refractivity contribution >= 4 is 27.7 Å². The van der Waals surface area contributed by atoms with Gasteiger partial charge >= 0.3 is 0 Å². The van der Waals surface area contributed by atoms with Crippen LogP contribution in [0.5, 0.6) is 0 Å². The molecule has 1 aromatic heterocycles. The van der Waals surface area contributed by atoms with Crippen LogP contribution in [-0.4, -0.2) is 47.8 Å². The van der Waals surface area contributed by atoms with Crippen molar-refractivity contribution in [2.75, 3.05) is 26.2 Å². The molecule has 2 amide bonds. The molecule has 6 heteroatoms. The first-order chi connectivity index (χ1) is 11.1. The Balaban J connectivity index is 1.54. The third kappa shape index (κ3) is 3.82. The Morgan fingerprint density at radius 2 is 1.78 bits per heavy atom. The van der Waals surface area contributed by atoms with Crippen LogP contribution >= 0.6 is 15.9 Å². The van der Waals surface area contributed by atoms with Crippen LogP contribution in [0.2, 0.25) is 0 Å². The van der Waals surface area contributed by atoms with Crippen LogP contribution in [-0.2, 0) is 11.2 Å². The normalized spacial score (nSPS) is 14.8. The summed E-state index contributed by atoms with van der Waals surface area (Å²) < 4.78 is 6.11. The van der Waals surface area contributed by atoms with E-state index in [1.807, 2.05) is 29.2 Å². The number of piperazine rings is 1. The van der Waals surface area contributed by atoms with E-state index in [9.17, 15) is 9.59 Å². The minimum atomic E-state index is -0.117. The lowest BCUT2D eigenvalue weighted by atomic mass is 10.1. The quantitative estimate of drug-likeness (QED) is 0.826. The smallest absolute Gasteiger partial charge is 0.289 e. The maximum absolute atomic E-state index is 12.4. The molecule has 1 aliphatic rings. The summed E-state index contributed by atoms with van der Waals surface area (Å²) in [6.07, 6.45) is 1.87. The van der Waals surface area contributed by atoms with Gasteiger partial charge in [-0.25, -0.2) is 0 Å². The van der Waals surface area contributed by atoms with E-state index in [4.69, 9.17) is 4.42 Å². The first-order valence-corrected chi connectivity index (χ1v) is 8.28. The summed E-state index contributed by atoms with van der Waals surface area (Å²) in [6.45, 7) is 2.17. The fourth-order valence-corrected chi connectivity index (χ4v) is 3.10. The average molecular weight is 377 g/mol. The van der Waals surface area contributed by atoms with Crippen molar-refractivity contribution in [1.82, 2.24) is 9.80 Å². The molecule has 1 aromatic carbocycles. The lowest BCUT2D eigenvalue weighted by molar-refractivity contribution is -0.131. The molecule has 0 N–H and O–H groups in total. The van der Waals surface area contributed by atoms with E-state index in [1.165, 1.54) is 6.26 Å². The van der Waals surface area contributed by atoms with E-state index >= 15 is 0 Å². The van der Waals surface area contributed by atoms with Crippen LogP contribution in [0.25, 0.3) is 0 Å². The SMILES string of the molecule is O=C(Cc1cccc(Br)c1)N1CCN(C(=O)c2ccco2)CC1. The van der Waals surface area contributed by atoms with Crippen LogP contribution in [0, 0.1) is 0 Å². The van der Waals surface area contributed by atoms with Gasteiger partial charge in [0.1, 0.15) is 0 Å². The molecule has 0 atom stereocenters. The Bertz CT molecular complexity index is 692. The van der Waals surface area contributed by atoms with E-state index in [2.05, 4.69) is 15.9 Å². The number of carbonyl (C=O) groups is 2. The number of carbonyl (C=O) groups excluding carboxylic acids is 2. The standard InChI is InChI=1S/C17H17BrN2O3/c18-14-4-1-3-13(11-14)12-16(21)19-6-8-20(9-7-19)17(22)15-5-2-10-23-15/h1-5,10-11H,6-9,12H2. The van der Waals surface area contributed by atoms with Gasteiger partial charge in [0.05, 0.1) is 12.7 Å². The lowest BCUT2D eigenvalue weighted by Crippen LogP contribution is -2.50. The van der Waals surface area contributed by atoms with Crippen LogP contribution in [0.1, 0.15) is 16.1 Å². The number of furan rings is 1. The largest absolute Gasteiger partial charge is 0.459 e. The van der Waals surface area contributed by atoms with Crippen molar-refractivity contribution < 1.29 is 14.0 Å². The minimum absolute atomic E-state index is 0.0909. The molecule has 120 valence electrons. The Kier molecular flexibility index (Phi) is 4.81. The highest BCUT2D eigenvalue weighted by Crippen LogP contribution is 2.14. The van der Waals surface area contributed by atoms with Gasteiger partial charge < -0.3 is 14.2 Å². The maximum atomic E-state index is 12.4. The van der Waals surface area contributed by atoms with E-state index in [0.717, 1.165) is 10.0 Å². The molecule has 1 saturated heterocycles. The Hall–Kier alpha value is -2.08. The second-order valence-electron chi connectivity index (χ2n) is 5.46. The average Bonchev–Trinajstić information content (AvgIpc) is 3.09. The second kappa shape index (κ2) is 7.00. The zero-order valence-corrected chi connectivity index (χ0v) is 14.2. The number of hydrogen-bond acceptors (Lipinski definition) is 3. The molecule has 0 bridgehead atoms. The molecule has 0 spiro atoms. The van der Waals surface area contributed by atoms with E-state index in [-0.39, 0.29) is 11.8 Å². The molecular formula is C17H17BrN2O3. The summed E-state index contributed by atoms with van der Waals surface area (Å²) in [5.74, 6) is 0.321. The Morgan fingerprint density at radius 1 is 1.04 bits per heavy atom. The third-order valence-electron chi connectivity index (χ3n) is 3.90. The van der Waals surface area contributed by atoms with Crippen molar-refractivity contribution in [2.45, 2.75) is 6.42 Å². The van der Waals surface area contributed by atoms with Crippen LogP contribution < -0.4 is 0 Å². The fraction of sp³-hybridized carbons (Fsp3) is 0.294. The topological polar surface area (TPSA) is 53.8 Å². The summed E-state index contributed by atoms with van der Waals surface area (Å²) in [4.78, 5) is 28.1. The van der Waals surface area contributed by atoms with E-state index in [0.29, 0.717) is 38.4 Å². The monoisotopic (exact) mass is 376 g/mol. The molecule has 1 aliphatic heterocycles. The van der Waals surface area contributed by atoms with Gasteiger partial charge in [-0.3, -0.25) is 9.59 Å². The molecule has 23 heavy (non-hydrogen) atoms. The molecule has 1 fully saturated rings. The number of hydrogen-bond donors (Lipinski definition) is 0. The third-order valence-corrected chi connectivity index (χ3v) is 4.39. The van der Waals surface area contributed by atoms with E-state index in [1.54, 1.807) is 17.0 Å². The van der Waals surface area contributed by atoms with Gasteiger partial charge in [-0.2, -0.15) is 0 Å². The highest BCUT2D eigenvalue weighted by Gasteiger charge is 2.25. The predicted octanol–water partition coefficient (Wildman–Crippen LogP) is 2.57. The number of halogens is 1. The molecule has 0 saturated carbocycles. The predicted molar refractivity (Wildman–Crippen MR) is 89.0 cm³/mol. The van der Waals surface area contributed by atoms with Gasteiger partial charge in [0.25, 0.3) is 5.91 Å². The second-order valence-corrected chi connectivity index (χ2v) is 6.37. The number of nitrogens with zero attached hydrogens (tertiary/aromatic N) is 2. The Morgan fingerprint density at radius 3 is 2.43 bits per heavy atom. The van der Waals surface area contributed by atoms with Gasteiger partial charge in [-0.05, 0) is 29.8 Å². The Labute approximate surface area is 143 Å². The van der Waals surface area contributed by atoms with Gasteiger partial charge in [-0.1, -0.05) is 28.1 Å². The van der Waals surface area contributed by atoms with Crippen molar-refractivity contribution in [3.8, 4) is 0 Å². The summed E-state index contributed by atoms with van der Waals surface area (Å²) in [5.41, 5.74) is 0.985. The van der Waals surface area contributed by atoms with Crippen LogP contribution in [0.3, 0.4) is 0 Å². The molecule has 0 radical (unpaired) electrons. The summed E-state index contributed by atoms with van der Waals surface area (Å²) in [5, 5.41) is 0. The van der Waals surface area contributed by atoms with Gasteiger partial charge in [0.15, 0.2) is 5.76 Å². The zero-order valence-electron chi connectivity index (χ0n) is 12.6. The number of benzene rings is 1. The zero-order chi connectivity index (χ0) is 16.2. The lowest BCUT2D eigenvalue weighted by Gasteiger charge is -2.34. The van der Waals surface area contributed by atoms with Crippen molar-refractivity contribution in [3.63, 3.8) is 0 Å². The summed E-state index contributed by atoms with van der Waals surface area (Å²) in [7, 11) is 0. The highest BCUT2D eigenvalue weighted by atomic mass is 79.9. The molecular weight excluding hydrogens is 360 g/mol. The van der Waals surface area contributed by atoms with Crippen LogP contribution in [0.4, 0.5) is 0 Å². The molecule has 2 aromatic rings. The summed E-state index contributed by atoms with van der Waals surface area (Å²) in [6, 6.07) is 11.1. The van der Waals surface area contributed by atoms with Crippen molar-refractivity contribution in [3.05, 3.63) is 58.5 Å². The molecule has 3 rings (SSSR count). The van der Waals surface area contributed by atoms with Crippen LogP contribution in [0.15, 0.2) is 51.6 Å². The van der Waals surface area contributed by atoms with Crippen molar-refractivity contribution in [2.24, 2.45) is 0 Å². The minimum Gasteiger partial charge on any atom is -0.459 e. The molecule has 2 heterocycles. The number of amides is 2. The number of rotatable bonds is 3. The molecule has 0 aliphatic carbocycles. The summed E-state index contributed by atoms with van der Waals surface area (Å²) >= 11 is 3.41. The van der Waals surface area contributed by atoms with Crippen molar-refractivity contribution in [1.29, 1.82) is 0 Å². The first-order valence-electron chi connectivity index (χ1n) is 7.48. The van der Waals surface area contributed by atoms with E-state index < -0.39 is 0 Å². The first kappa shape index (κ1) is 15.8. The molecule has 5 nitrogen and oxygen atoms in total. The van der Waals surface area contributed by atoms with Gasteiger partial charge in [0.2, 0.25) is 5.91 Å². The highest BCUT2D eigenvalue weighted by molar-refractivity contribution is 9.10. The molecule has 0 unspecified atom stereocenters. The maximum Gasteiger partial charge on any atom is 0.289 e.